The van der Waals surface area contributed by atoms with Crippen LogP contribution in [0.3, 0.4) is 0 Å². The van der Waals surface area contributed by atoms with Crippen molar-refractivity contribution < 1.29 is 14.3 Å². The largest absolute Gasteiger partial charge is 0.480 e. The molecule has 2 fully saturated rings. The zero-order valence-corrected chi connectivity index (χ0v) is 27.0. The molecule has 1 N–H and O–H groups in total. The zero-order valence-electron chi connectivity index (χ0n) is 26.2. The van der Waals surface area contributed by atoms with Crippen molar-refractivity contribution in [2.24, 2.45) is 11.8 Å². The van der Waals surface area contributed by atoms with Crippen LogP contribution in [-0.2, 0) is 17.6 Å². The minimum Gasteiger partial charge on any atom is -0.480 e. The number of halogens is 1. The maximum Gasteiger partial charge on any atom is 0.320 e. The molecule has 43 heavy (non-hydrogen) atoms. The Morgan fingerprint density at radius 2 is 1.86 bits per heavy atom. The number of carbonyl (C=O) groups is 1. The van der Waals surface area contributed by atoms with E-state index in [0.717, 1.165) is 63.7 Å². The van der Waals surface area contributed by atoms with Crippen LogP contribution in [0.25, 0.3) is 0 Å². The van der Waals surface area contributed by atoms with Crippen molar-refractivity contribution in [3.05, 3.63) is 87.1 Å². The summed E-state index contributed by atoms with van der Waals surface area (Å²) in [6, 6.07) is 17.4. The van der Waals surface area contributed by atoms with Gasteiger partial charge < -0.3 is 10.0 Å². The number of aromatic nitrogens is 1. The van der Waals surface area contributed by atoms with Gasteiger partial charge in [-0.25, -0.2) is 9.37 Å². The number of hydrogen-bond acceptors (Lipinski definition) is 5. The van der Waals surface area contributed by atoms with Gasteiger partial charge in [0.2, 0.25) is 0 Å². The number of benzene rings is 2. The molecule has 0 radical (unpaired) electrons. The Morgan fingerprint density at radius 3 is 2.51 bits per heavy atom. The maximum absolute atomic E-state index is 14.3. The summed E-state index contributed by atoms with van der Waals surface area (Å²) in [5, 5.41) is 11.2. The van der Waals surface area contributed by atoms with Gasteiger partial charge in [0, 0.05) is 23.9 Å². The highest BCUT2D eigenvalue weighted by molar-refractivity contribution is 7.11. The normalized spacial score (nSPS) is 22.4. The number of hydrogen-bond donors (Lipinski definition) is 1. The first-order chi connectivity index (χ1) is 20.7. The fourth-order valence-corrected chi connectivity index (χ4v) is 8.82. The summed E-state index contributed by atoms with van der Waals surface area (Å²) in [5.41, 5.74) is 3.64. The van der Waals surface area contributed by atoms with E-state index in [0.29, 0.717) is 24.2 Å². The second-order valence-electron chi connectivity index (χ2n) is 13.2. The van der Waals surface area contributed by atoms with Crippen molar-refractivity contribution in [3.63, 3.8) is 0 Å². The average Bonchev–Trinajstić information content (AvgIpc) is 3.60. The highest BCUT2D eigenvalue weighted by Gasteiger charge is 2.41. The Hall–Kier alpha value is -2.61. The maximum atomic E-state index is 14.3. The van der Waals surface area contributed by atoms with E-state index in [1.54, 1.807) is 6.07 Å². The van der Waals surface area contributed by atoms with Crippen LogP contribution in [0.4, 0.5) is 4.39 Å². The molecule has 5 rings (SSSR count). The SMILES string of the molecule is CCc1nc(Cc2ccccc2)sc1C1CCN(CC2CC(N(C)[C@H](CC(C)C)C(=O)O)CC2c2cccc(F)c2)CC1. The van der Waals surface area contributed by atoms with Gasteiger partial charge in [0.25, 0.3) is 0 Å². The van der Waals surface area contributed by atoms with Crippen LogP contribution in [0.5, 0.6) is 0 Å². The van der Waals surface area contributed by atoms with Gasteiger partial charge in [-0.1, -0.05) is 63.2 Å². The van der Waals surface area contributed by atoms with Crippen LogP contribution in [0.15, 0.2) is 54.6 Å². The fraction of sp³-hybridized carbons (Fsp3) is 0.556. The molecule has 2 heterocycles. The molecule has 3 unspecified atom stereocenters. The standard InChI is InChI=1S/C36H48FN3O2S/c1-5-32-35(43-34(38-32)19-25-10-7-6-8-11-25)26-14-16-40(17-15-26)23-28-21-30(39(4)33(36(41)42)18-24(2)3)22-31(28)27-12-9-13-29(37)20-27/h6-13,20,24,26,28,30-31,33H,5,14-19,21-23H2,1-4H3,(H,41,42)/t28?,30?,31?,33-/m1/s1. The molecule has 2 aromatic carbocycles. The van der Waals surface area contributed by atoms with Gasteiger partial charge in [0.05, 0.1) is 10.7 Å². The number of aliphatic carboxylic acids is 1. The van der Waals surface area contributed by atoms with E-state index in [-0.39, 0.29) is 17.8 Å². The van der Waals surface area contributed by atoms with E-state index in [1.165, 1.54) is 27.2 Å². The van der Waals surface area contributed by atoms with Crippen molar-refractivity contribution in [1.29, 1.82) is 0 Å². The van der Waals surface area contributed by atoms with E-state index < -0.39 is 12.0 Å². The molecule has 7 heteroatoms. The number of likely N-dealkylation sites (N-methyl/N-ethyl adjacent to an activating group) is 1. The molecule has 1 aliphatic carbocycles. The molecule has 2 aliphatic rings. The molecule has 232 valence electrons. The quantitative estimate of drug-likeness (QED) is 0.230. The summed E-state index contributed by atoms with van der Waals surface area (Å²) in [4.78, 5) is 23.5. The van der Waals surface area contributed by atoms with E-state index in [9.17, 15) is 14.3 Å². The lowest BCUT2D eigenvalue weighted by molar-refractivity contribution is -0.144. The van der Waals surface area contributed by atoms with Gasteiger partial charge >= 0.3 is 5.97 Å². The number of likely N-dealkylation sites (tertiary alicyclic amines) is 1. The third kappa shape index (κ3) is 7.92. The monoisotopic (exact) mass is 605 g/mol. The first-order valence-corrected chi connectivity index (χ1v) is 17.0. The number of carboxylic acid groups (broad SMARTS) is 1. The van der Waals surface area contributed by atoms with Crippen LogP contribution in [0.1, 0.15) is 91.4 Å². The first-order valence-electron chi connectivity index (χ1n) is 16.2. The first kappa shape index (κ1) is 31.8. The number of thiazole rings is 1. The zero-order chi connectivity index (χ0) is 30.5. The van der Waals surface area contributed by atoms with Crippen LogP contribution in [0, 0.1) is 17.7 Å². The Bertz CT molecular complexity index is 1340. The third-order valence-corrected chi connectivity index (χ3v) is 11.0. The molecule has 0 bridgehead atoms. The summed E-state index contributed by atoms with van der Waals surface area (Å²) in [6.07, 6.45) is 6.59. The number of carboxylic acids is 1. The van der Waals surface area contributed by atoms with E-state index in [1.807, 2.05) is 24.5 Å². The van der Waals surface area contributed by atoms with Crippen LogP contribution >= 0.6 is 11.3 Å². The lowest BCUT2D eigenvalue weighted by Crippen LogP contribution is -2.45. The minimum atomic E-state index is -0.745. The molecule has 5 nitrogen and oxygen atoms in total. The van der Waals surface area contributed by atoms with Crippen molar-refractivity contribution in [2.75, 3.05) is 26.7 Å². The van der Waals surface area contributed by atoms with Crippen molar-refractivity contribution >= 4 is 17.3 Å². The molecule has 0 spiro atoms. The average molecular weight is 606 g/mol. The second-order valence-corrected chi connectivity index (χ2v) is 14.3. The molecular weight excluding hydrogens is 557 g/mol. The predicted octanol–water partition coefficient (Wildman–Crippen LogP) is 7.61. The highest BCUT2D eigenvalue weighted by atomic mass is 32.1. The third-order valence-electron chi connectivity index (χ3n) is 9.75. The summed E-state index contributed by atoms with van der Waals surface area (Å²) >= 11 is 1.91. The van der Waals surface area contributed by atoms with Gasteiger partial charge in [-0.2, -0.15) is 0 Å². The lowest BCUT2D eigenvalue weighted by Gasteiger charge is -2.35. The topological polar surface area (TPSA) is 56.7 Å². The van der Waals surface area contributed by atoms with Crippen molar-refractivity contribution in [3.8, 4) is 0 Å². The number of piperidine rings is 1. The van der Waals surface area contributed by atoms with Crippen molar-refractivity contribution in [1.82, 2.24) is 14.8 Å². The molecule has 1 saturated heterocycles. The summed E-state index contributed by atoms with van der Waals surface area (Å²) in [6.45, 7) is 9.47. The molecule has 3 aromatic rings. The number of aryl methyl sites for hydroxylation is 1. The summed E-state index contributed by atoms with van der Waals surface area (Å²) in [7, 11) is 1.98. The van der Waals surface area contributed by atoms with Crippen LogP contribution in [-0.4, -0.2) is 64.6 Å². The smallest absolute Gasteiger partial charge is 0.320 e. The Balaban J connectivity index is 1.26. The van der Waals surface area contributed by atoms with Gasteiger partial charge in [0.15, 0.2) is 0 Å². The fourth-order valence-electron chi connectivity index (χ4n) is 7.46. The Kier molecular flexibility index (Phi) is 10.7. The van der Waals surface area contributed by atoms with Gasteiger partial charge in [-0.05, 0) is 106 Å². The van der Waals surface area contributed by atoms with Gasteiger partial charge in [0.1, 0.15) is 11.9 Å². The lowest BCUT2D eigenvalue weighted by atomic mass is 9.87. The van der Waals surface area contributed by atoms with Crippen molar-refractivity contribution in [2.45, 2.75) is 89.6 Å². The summed E-state index contributed by atoms with van der Waals surface area (Å²) in [5.74, 6) is 0.518. The molecule has 4 atom stereocenters. The van der Waals surface area contributed by atoms with Crippen LogP contribution < -0.4 is 0 Å². The van der Waals surface area contributed by atoms with E-state index >= 15 is 0 Å². The molecule has 0 amide bonds. The highest BCUT2D eigenvalue weighted by Crippen LogP contribution is 2.44. The Morgan fingerprint density at radius 1 is 1.12 bits per heavy atom. The molecule has 1 saturated carbocycles. The van der Waals surface area contributed by atoms with Gasteiger partial charge in [-0.3, -0.25) is 9.69 Å². The minimum absolute atomic E-state index is 0.169. The number of nitrogens with zero attached hydrogens (tertiary/aromatic N) is 3. The molecule has 1 aromatic heterocycles. The van der Waals surface area contributed by atoms with Crippen LogP contribution in [0.2, 0.25) is 0 Å². The second kappa shape index (κ2) is 14.4. The summed E-state index contributed by atoms with van der Waals surface area (Å²) < 4.78 is 14.3. The number of rotatable bonds is 12. The molecule has 1 aliphatic heterocycles. The van der Waals surface area contributed by atoms with Gasteiger partial charge in [-0.15, -0.1) is 11.3 Å². The van der Waals surface area contributed by atoms with E-state index in [2.05, 4.69) is 67.0 Å². The Labute approximate surface area is 261 Å². The predicted molar refractivity (Wildman–Crippen MR) is 173 cm³/mol. The molecular formula is C36H48FN3O2S. The van der Waals surface area contributed by atoms with E-state index in [4.69, 9.17) is 4.98 Å².